The molecule has 3 fully saturated rings. The molecule has 40 heavy (non-hydrogen) atoms. The van der Waals surface area contributed by atoms with Crippen molar-refractivity contribution < 1.29 is 64.6 Å². The topological polar surface area (TPSA) is 332 Å². The summed E-state index contributed by atoms with van der Waals surface area (Å²) in [5.41, 5.74) is 21.3. The van der Waals surface area contributed by atoms with Gasteiger partial charge in [-0.2, -0.15) is 0 Å². The van der Waals surface area contributed by atoms with Crippen LogP contribution < -0.4 is 28.3 Å². The zero-order valence-corrected chi connectivity index (χ0v) is 21.9. The maximum atomic E-state index is 12.7. The third-order valence-corrected chi connectivity index (χ3v) is 7.65. The fourth-order valence-corrected chi connectivity index (χ4v) is 5.01. The maximum Gasteiger partial charge on any atom is 0.252 e. The van der Waals surface area contributed by atoms with Crippen molar-refractivity contribution in [2.45, 2.75) is 111 Å². The Hall–Kier alpha value is -1.17. The van der Waals surface area contributed by atoms with Crippen LogP contribution in [-0.4, -0.2) is 164 Å². The van der Waals surface area contributed by atoms with Crippen LogP contribution in [-0.2, 0) is 23.7 Å². The summed E-state index contributed by atoms with van der Waals surface area (Å²) in [6, 6.07) is -4.37. The first-order valence-electron chi connectivity index (χ1n) is 13.0. The van der Waals surface area contributed by atoms with E-state index in [-0.39, 0.29) is 19.5 Å². The van der Waals surface area contributed by atoms with E-state index in [4.69, 9.17) is 41.9 Å². The second kappa shape index (κ2) is 13.4. The van der Waals surface area contributed by atoms with Crippen LogP contribution in [0.25, 0.3) is 0 Å². The molecule has 3 rings (SSSR count). The molecule has 1 saturated carbocycles. The molecule has 3 aliphatic rings. The van der Waals surface area contributed by atoms with Crippen molar-refractivity contribution in [2.75, 3.05) is 19.7 Å². The van der Waals surface area contributed by atoms with Crippen LogP contribution >= 0.6 is 0 Å². The Balaban J connectivity index is 1.91. The van der Waals surface area contributed by atoms with Crippen molar-refractivity contribution in [3.8, 4) is 0 Å². The number of aliphatic hydroxyl groups excluding tert-OH is 7. The van der Waals surface area contributed by atoms with Gasteiger partial charge in [0.15, 0.2) is 12.6 Å². The Morgan fingerprint density at radius 1 is 0.825 bits per heavy atom. The highest BCUT2D eigenvalue weighted by molar-refractivity contribution is 5.84. The predicted octanol–water partition coefficient (Wildman–Crippen LogP) is -8.42. The average molecular weight is 586 g/mol. The van der Waals surface area contributed by atoms with Crippen LogP contribution in [0.1, 0.15) is 13.3 Å². The van der Waals surface area contributed by atoms with Crippen LogP contribution in [0.4, 0.5) is 0 Å². The minimum atomic E-state index is -1.97. The summed E-state index contributed by atoms with van der Waals surface area (Å²) in [6.07, 6.45) is -18.6. The lowest BCUT2D eigenvalue weighted by atomic mass is 9.81. The van der Waals surface area contributed by atoms with Gasteiger partial charge in [0.25, 0.3) is 5.91 Å². The Labute approximate surface area is 229 Å². The lowest BCUT2D eigenvalue weighted by Crippen LogP contribution is -2.74. The standard InChI is InChI=1S/C22H43N5O13/c1-22(36,2-3-23)21(35)27-10-13(31)8(25)17(39-19-9(26)14(32)11(29)6(4-24)37-19)18(15(10)33)40-20-16(34)12(30)7(5-28)38-20/h6-20,28-34,36H,2-5,23-26H2,1H3,(H,27,35)/t6-,7-,8+,9+,10-,11-,12-,13+,14+,15-,16-,17-,18+,19-,20+,22-/m1/s1. The van der Waals surface area contributed by atoms with Gasteiger partial charge >= 0.3 is 0 Å². The van der Waals surface area contributed by atoms with Crippen LogP contribution in [0.3, 0.4) is 0 Å². The number of ether oxygens (including phenoxy) is 4. The van der Waals surface area contributed by atoms with Gasteiger partial charge in [-0.25, -0.2) is 0 Å². The van der Waals surface area contributed by atoms with E-state index >= 15 is 0 Å². The molecule has 1 aliphatic carbocycles. The first-order chi connectivity index (χ1) is 18.7. The second-order valence-corrected chi connectivity index (χ2v) is 10.6. The van der Waals surface area contributed by atoms with E-state index in [1.807, 2.05) is 0 Å². The molecule has 18 heteroatoms. The molecule has 2 heterocycles. The van der Waals surface area contributed by atoms with Crippen molar-refractivity contribution in [1.29, 1.82) is 0 Å². The number of aliphatic hydroxyl groups is 8. The van der Waals surface area contributed by atoms with Crippen molar-refractivity contribution >= 4 is 5.91 Å². The van der Waals surface area contributed by atoms with Gasteiger partial charge < -0.3 is 88.1 Å². The summed E-state index contributed by atoms with van der Waals surface area (Å²) in [5, 5.41) is 85.5. The smallest absolute Gasteiger partial charge is 0.252 e. The molecule has 0 aromatic carbocycles. The molecule has 1 amide bonds. The van der Waals surface area contributed by atoms with Gasteiger partial charge in [0.1, 0.15) is 60.5 Å². The van der Waals surface area contributed by atoms with Crippen LogP contribution in [0.5, 0.6) is 0 Å². The molecule has 0 unspecified atom stereocenters. The molecule has 0 spiro atoms. The molecule has 0 bridgehead atoms. The zero-order valence-electron chi connectivity index (χ0n) is 21.9. The first-order valence-corrected chi connectivity index (χ1v) is 13.0. The predicted molar refractivity (Wildman–Crippen MR) is 131 cm³/mol. The van der Waals surface area contributed by atoms with Crippen LogP contribution in [0.2, 0.25) is 0 Å². The zero-order chi connectivity index (χ0) is 30.1. The number of amides is 1. The third-order valence-electron chi connectivity index (χ3n) is 7.65. The summed E-state index contributed by atoms with van der Waals surface area (Å²) in [7, 11) is 0. The Morgan fingerprint density at radius 3 is 1.95 bits per heavy atom. The summed E-state index contributed by atoms with van der Waals surface area (Å²) >= 11 is 0. The average Bonchev–Trinajstić information content (AvgIpc) is 3.19. The Kier molecular flexibility index (Phi) is 11.2. The molecule has 0 radical (unpaired) electrons. The van der Waals surface area contributed by atoms with E-state index in [0.29, 0.717) is 0 Å². The molecule has 0 aromatic rings. The molecule has 234 valence electrons. The van der Waals surface area contributed by atoms with E-state index in [1.54, 1.807) is 0 Å². The molecule has 0 aromatic heterocycles. The quantitative estimate of drug-likeness (QED) is 0.113. The number of carbonyl (C=O) groups excluding carboxylic acids is 1. The molecular formula is C22H43N5O13. The van der Waals surface area contributed by atoms with E-state index < -0.39 is 110 Å². The van der Waals surface area contributed by atoms with Gasteiger partial charge in [-0.15, -0.1) is 0 Å². The molecular weight excluding hydrogens is 542 g/mol. The summed E-state index contributed by atoms with van der Waals surface area (Å²) in [6.45, 7) is 0.232. The Morgan fingerprint density at radius 2 is 1.40 bits per heavy atom. The monoisotopic (exact) mass is 585 g/mol. The summed E-state index contributed by atoms with van der Waals surface area (Å²) in [4.78, 5) is 12.7. The SMILES string of the molecule is C[C@@](O)(CCN)C(=O)N[C@H]1[C@@H](O)[C@H](O[C@@H]2O[C@H](CO)[C@@H](O)[C@H]2O)[C@H](O[C@H]2O[C@H](CN)[C@@H](O)[C@@H](O)[C@@H]2N)[C@@H](N)[C@@H]1O. The summed E-state index contributed by atoms with van der Waals surface area (Å²) < 4.78 is 22.6. The fraction of sp³-hybridized carbons (Fsp3) is 0.955. The van der Waals surface area contributed by atoms with Gasteiger partial charge in [-0.3, -0.25) is 4.79 Å². The van der Waals surface area contributed by atoms with Crippen molar-refractivity contribution in [2.24, 2.45) is 22.9 Å². The highest BCUT2D eigenvalue weighted by atomic mass is 16.7. The van der Waals surface area contributed by atoms with E-state index in [1.165, 1.54) is 6.92 Å². The molecule has 16 atom stereocenters. The van der Waals surface area contributed by atoms with Gasteiger partial charge in [0.05, 0.1) is 30.8 Å². The first kappa shape index (κ1) is 33.3. The van der Waals surface area contributed by atoms with Gasteiger partial charge in [0.2, 0.25) is 0 Å². The second-order valence-electron chi connectivity index (χ2n) is 10.6. The molecule has 17 N–H and O–H groups in total. The maximum absolute atomic E-state index is 12.7. The number of nitrogens with one attached hydrogen (secondary N) is 1. The highest BCUT2D eigenvalue weighted by Gasteiger charge is 2.56. The summed E-state index contributed by atoms with van der Waals surface area (Å²) in [5.74, 6) is -0.986. The van der Waals surface area contributed by atoms with Crippen molar-refractivity contribution in [3.05, 3.63) is 0 Å². The number of hydrogen-bond donors (Lipinski definition) is 13. The van der Waals surface area contributed by atoms with Gasteiger partial charge in [-0.1, -0.05) is 0 Å². The normalized spacial score (nSPS) is 47.6. The van der Waals surface area contributed by atoms with Gasteiger partial charge in [0, 0.05) is 6.54 Å². The molecule has 2 saturated heterocycles. The number of carbonyl (C=O) groups is 1. The Bertz CT molecular complexity index is 843. The van der Waals surface area contributed by atoms with E-state index in [9.17, 15) is 45.6 Å². The number of rotatable bonds is 10. The van der Waals surface area contributed by atoms with Gasteiger partial charge in [-0.05, 0) is 19.9 Å². The van der Waals surface area contributed by atoms with Crippen LogP contribution in [0.15, 0.2) is 0 Å². The number of nitrogens with two attached hydrogens (primary N) is 4. The van der Waals surface area contributed by atoms with Crippen molar-refractivity contribution in [1.82, 2.24) is 5.32 Å². The minimum Gasteiger partial charge on any atom is -0.394 e. The number of hydrogen-bond acceptors (Lipinski definition) is 17. The van der Waals surface area contributed by atoms with Crippen molar-refractivity contribution in [3.63, 3.8) is 0 Å². The third kappa shape index (κ3) is 6.57. The van der Waals surface area contributed by atoms with E-state index in [0.717, 1.165) is 0 Å². The fourth-order valence-electron chi connectivity index (χ4n) is 5.01. The van der Waals surface area contributed by atoms with Crippen LogP contribution in [0, 0.1) is 0 Å². The molecule has 18 nitrogen and oxygen atoms in total. The molecule has 2 aliphatic heterocycles. The largest absolute Gasteiger partial charge is 0.394 e. The van der Waals surface area contributed by atoms with E-state index in [2.05, 4.69) is 5.32 Å². The lowest BCUT2D eigenvalue weighted by Gasteiger charge is -2.49. The lowest BCUT2D eigenvalue weighted by molar-refractivity contribution is -0.312. The highest BCUT2D eigenvalue weighted by Crippen LogP contribution is 2.33. The minimum absolute atomic E-state index is 0.0470.